The first-order valence-corrected chi connectivity index (χ1v) is 5.98. The molecule has 0 radical (unpaired) electrons. The maximum atomic E-state index is 5.90. The summed E-state index contributed by atoms with van der Waals surface area (Å²) < 4.78 is 11.3. The lowest BCUT2D eigenvalue weighted by Crippen LogP contribution is -2.37. The van der Waals surface area contributed by atoms with Crippen LogP contribution in [-0.4, -0.2) is 25.8 Å². The molecule has 1 atom stereocenters. The summed E-state index contributed by atoms with van der Waals surface area (Å²) >= 11 is 0. The van der Waals surface area contributed by atoms with Crippen molar-refractivity contribution in [1.29, 1.82) is 0 Å². The maximum Gasteiger partial charge on any atom is 0.123 e. The van der Waals surface area contributed by atoms with Gasteiger partial charge in [-0.15, -0.1) is 0 Å². The fourth-order valence-corrected chi connectivity index (χ4v) is 1.92. The highest BCUT2D eigenvalue weighted by atomic mass is 16.5. The Morgan fingerprint density at radius 1 is 1.38 bits per heavy atom. The molecule has 1 aromatic carbocycles. The van der Waals surface area contributed by atoms with E-state index in [2.05, 4.69) is 5.32 Å². The van der Waals surface area contributed by atoms with E-state index in [0.29, 0.717) is 12.7 Å². The van der Waals surface area contributed by atoms with Crippen molar-refractivity contribution < 1.29 is 9.47 Å². The van der Waals surface area contributed by atoms with E-state index in [4.69, 9.17) is 9.47 Å². The van der Waals surface area contributed by atoms with Crippen LogP contribution in [0, 0.1) is 0 Å². The highest BCUT2D eigenvalue weighted by molar-refractivity contribution is 5.33. The number of hydrogen-bond donors (Lipinski definition) is 1. The Kier molecular flexibility index (Phi) is 4.05. The Hall–Kier alpha value is -1.22. The van der Waals surface area contributed by atoms with Crippen molar-refractivity contribution in [3.8, 4) is 11.5 Å². The monoisotopic (exact) mass is 221 g/mol. The summed E-state index contributed by atoms with van der Waals surface area (Å²) in [6, 6.07) is 7.86. The molecule has 3 heteroatoms. The standard InChI is InChI=1S/C13H19NO2/c1-2-15-11-5-3-6-12(9-11)16-13-7-4-8-14-10-13/h3,5-6,9,13-14H,2,4,7-8,10H2,1H3/t13-/m0/s1. The van der Waals surface area contributed by atoms with Gasteiger partial charge in [0, 0.05) is 12.6 Å². The van der Waals surface area contributed by atoms with Gasteiger partial charge < -0.3 is 14.8 Å². The summed E-state index contributed by atoms with van der Waals surface area (Å²) in [5.41, 5.74) is 0. The van der Waals surface area contributed by atoms with E-state index in [0.717, 1.165) is 31.0 Å². The molecule has 0 aliphatic carbocycles. The molecule has 0 aromatic heterocycles. The Morgan fingerprint density at radius 2 is 2.25 bits per heavy atom. The van der Waals surface area contributed by atoms with Gasteiger partial charge in [-0.2, -0.15) is 0 Å². The third-order valence-corrected chi connectivity index (χ3v) is 2.67. The van der Waals surface area contributed by atoms with Crippen LogP contribution < -0.4 is 14.8 Å². The van der Waals surface area contributed by atoms with Crippen molar-refractivity contribution in [2.75, 3.05) is 19.7 Å². The maximum absolute atomic E-state index is 5.90. The lowest BCUT2D eigenvalue weighted by Gasteiger charge is -2.24. The predicted octanol–water partition coefficient (Wildman–Crippen LogP) is 2.22. The zero-order chi connectivity index (χ0) is 11.2. The SMILES string of the molecule is CCOc1cccc(O[C@H]2CCCNC2)c1. The number of nitrogens with one attached hydrogen (secondary N) is 1. The van der Waals surface area contributed by atoms with Crippen LogP contribution in [0.2, 0.25) is 0 Å². The lowest BCUT2D eigenvalue weighted by molar-refractivity contribution is 0.166. The van der Waals surface area contributed by atoms with E-state index < -0.39 is 0 Å². The molecule has 2 rings (SSSR count). The molecule has 16 heavy (non-hydrogen) atoms. The van der Waals surface area contributed by atoms with Crippen molar-refractivity contribution in [2.24, 2.45) is 0 Å². The topological polar surface area (TPSA) is 30.5 Å². The fraction of sp³-hybridized carbons (Fsp3) is 0.538. The van der Waals surface area contributed by atoms with Crippen molar-refractivity contribution in [3.63, 3.8) is 0 Å². The minimum absolute atomic E-state index is 0.297. The van der Waals surface area contributed by atoms with Crippen molar-refractivity contribution in [3.05, 3.63) is 24.3 Å². The van der Waals surface area contributed by atoms with Crippen LogP contribution in [0.4, 0.5) is 0 Å². The zero-order valence-electron chi connectivity index (χ0n) is 9.74. The molecule has 0 unspecified atom stereocenters. The molecule has 1 aromatic rings. The van der Waals surface area contributed by atoms with E-state index in [1.165, 1.54) is 6.42 Å². The van der Waals surface area contributed by atoms with Crippen molar-refractivity contribution in [2.45, 2.75) is 25.9 Å². The van der Waals surface area contributed by atoms with Gasteiger partial charge in [0.25, 0.3) is 0 Å². The first kappa shape index (κ1) is 11.3. The third-order valence-electron chi connectivity index (χ3n) is 2.67. The van der Waals surface area contributed by atoms with Crippen LogP contribution in [0.1, 0.15) is 19.8 Å². The minimum atomic E-state index is 0.297. The summed E-state index contributed by atoms with van der Waals surface area (Å²) in [5.74, 6) is 1.78. The molecule has 0 saturated carbocycles. The van der Waals surface area contributed by atoms with Gasteiger partial charge >= 0.3 is 0 Å². The van der Waals surface area contributed by atoms with Gasteiger partial charge in [0.1, 0.15) is 17.6 Å². The summed E-state index contributed by atoms with van der Waals surface area (Å²) in [5, 5.41) is 3.34. The van der Waals surface area contributed by atoms with Crippen LogP contribution in [0.15, 0.2) is 24.3 Å². The van der Waals surface area contributed by atoms with E-state index in [9.17, 15) is 0 Å². The smallest absolute Gasteiger partial charge is 0.123 e. The van der Waals surface area contributed by atoms with Crippen LogP contribution >= 0.6 is 0 Å². The first-order valence-electron chi connectivity index (χ1n) is 5.98. The molecule has 3 nitrogen and oxygen atoms in total. The fourth-order valence-electron chi connectivity index (χ4n) is 1.92. The summed E-state index contributed by atoms with van der Waals surface area (Å²) in [4.78, 5) is 0. The molecule has 0 spiro atoms. The van der Waals surface area contributed by atoms with Crippen LogP contribution in [-0.2, 0) is 0 Å². The summed E-state index contributed by atoms with van der Waals surface area (Å²) in [6.45, 7) is 4.73. The normalized spacial score (nSPS) is 20.4. The summed E-state index contributed by atoms with van der Waals surface area (Å²) in [6.07, 6.45) is 2.62. The molecule has 1 aliphatic rings. The number of hydrogen-bond acceptors (Lipinski definition) is 3. The molecular formula is C13H19NO2. The zero-order valence-corrected chi connectivity index (χ0v) is 9.74. The van der Waals surface area contributed by atoms with Crippen LogP contribution in [0.25, 0.3) is 0 Å². The second-order valence-electron chi connectivity index (χ2n) is 3.99. The summed E-state index contributed by atoms with van der Waals surface area (Å²) in [7, 11) is 0. The molecule has 0 amide bonds. The average Bonchev–Trinajstić information content (AvgIpc) is 2.31. The van der Waals surface area contributed by atoms with Crippen LogP contribution in [0.3, 0.4) is 0 Å². The van der Waals surface area contributed by atoms with Gasteiger partial charge in [0.05, 0.1) is 6.61 Å². The molecule has 1 heterocycles. The molecule has 1 N–H and O–H groups in total. The van der Waals surface area contributed by atoms with Gasteiger partial charge in [-0.25, -0.2) is 0 Å². The Labute approximate surface area is 96.8 Å². The second kappa shape index (κ2) is 5.75. The van der Waals surface area contributed by atoms with Gasteiger partial charge in [0.2, 0.25) is 0 Å². The van der Waals surface area contributed by atoms with Crippen molar-refractivity contribution in [1.82, 2.24) is 5.32 Å². The van der Waals surface area contributed by atoms with E-state index >= 15 is 0 Å². The third kappa shape index (κ3) is 3.14. The van der Waals surface area contributed by atoms with E-state index in [1.807, 2.05) is 31.2 Å². The second-order valence-corrected chi connectivity index (χ2v) is 3.99. The average molecular weight is 221 g/mol. The van der Waals surface area contributed by atoms with Crippen LogP contribution in [0.5, 0.6) is 11.5 Å². The predicted molar refractivity (Wildman–Crippen MR) is 64.1 cm³/mol. The Bertz CT molecular complexity index is 321. The largest absolute Gasteiger partial charge is 0.494 e. The number of ether oxygens (including phenoxy) is 2. The number of piperidine rings is 1. The first-order chi connectivity index (χ1) is 7.88. The quantitative estimate of drug-likeness (QED) is 0.845. The molecular weight excluding hydrogens is 202 g/mol. The molecule has 1 aliphatic heterocycles. The van der Waals surface area contributed by atoms with E-state index in [-0.39, 0.29) is 0 Å². The van der Waals surface area contributed by atoms with E-state index in [1.54, 1.807) is 0 Å². The highest BCUT2D eigenvalue weighted by Gasteiger charge is 2.14. The molecule has 88 valence electrons. The van der Waals surface area contributed by atoms with Gasteiger partial charge in [-0.05, 0) is 38.4 Å². The van der Waals surface area contributed by atoms with Gasteiger partial charge in [-0.3, -0.25) is 0 Å². The number of rotatable bonds is 4. The molecule has 0 bridgehead atoms. The van der Waals surface area contributed by atoms with Crippen molar-refractivity contribution >= 4 is 0 Å². The van der Waals surface area contributed by atoms with Gasteiger partial charge in [0.15, 0.2) is 0 Å². The Balaban J connectivity index is 1.94. The van der Waals surface area contributed by atoms with Gasteiger partial charge in [-0.1, -0.05) is 6.07 Å². The molecule has 1 saturated heterocycles. The lowest BCUT2D eigenvalue weighted by atomic mass is 10.1. The minimum Gasteiger partial charge on any atom is -0.494 e. The number of benzene rings is 1. The molecule has 1 fully saturated rings. The Morgan fingerprint density at radius 3 is 3.00 bits per heavy atom. The highest BCUT2D eigenvalue weighted by Crippen LogP contribution is 2.21.